The van der Waals surface area contributed by atoms with Crippen molar-refractivity contribution < 1.29 is 9.63 Å². The van der Waals surface area contributed by atoms with Crippen molar-refractivity contribution in [1.82, 2.24) is 4.98 Å². The van der Waals surface area contributed by atoms with Gasteiger partial charge in [0, 0.05) is 22.3 Å². The van der Waals surface area contributed by atoms with Crippen LogP contribution < -0.4 is 5.90 Å². The molecule has 3 aromatic rings. The highest BCUT2D eigenvalue weighted by molar-refractivity contribution is 9.10. The molecule has 0 aliphatic carbocycles. The molecule has 1 heterocycles. The van der Waals surface area contributed by atoms with Gasteiger partial charge in [-0.3, -0.25) is 4.98 Å². The van der Waals surface area contributed by atoms with Crippen molar-refractivity contribution in [2.75, 3.05) is 0 Å². The molecule has 0 radical (unpaired) electrons. The third-order valence-electron chi connectivity index (χ3n) is 3.05. The van der Waals surface area contributed by atoms with Gasteiger partial charge < -0.3 is 4.84 Å². The summed E-state index contributed by atoms with van der Waals surface area (Å²) in [5, 5.41) is 4.06. The predicted molar refractivity (Wildman–Crippen MR) is 76.6 cm³/mol. The second kappa shape index (κ2) is 4.60. The summed E-state index contributed by atoms with van der Waals surface area (Å²) < 4.78 is 0.910. The summed E-state index contributed by atoms with van der Waals surface area (Å²) in [6, 6.07) is 9.26. The summed E-state index contributed by atoms with van der Waals surface area (Å²) in [5.41, 5.74) is 0.416. The van der Waals surface area contributed by atoms with Gasteiger partial charge in [-0.25, -0.2) is 4.79 Å². The topological polar surface area (TPSA) is 65.2 Å². The number of rotatable bonds is 1. The Morgan fingerprint density at radius 2 is 2.00 bits per heavy atom. The number of hydrogen-bond donors (Lipinski definition) is 1. The van der Waals surface area contributed by atoms with Crippen molar-refractivity contribution in [3.63, 3.8) is 0 Å². The van der Waals surface area contributed by atoms with E-state index in [1.54, 1.807) is 18.3 Å². The zero-order chi connectivity index (χ0) is 13.4. The van der Waals surface area contributed by atoms with Crippen molar-refractivity contribution in [2.45, 2.75) is 0 Å². The molecule has 2 aromatic carbocycles. The number of carbonyl (C=O) groups is 1. The van der Waals surface area contributed by atoms with Crippen LogP contribution in [0.4, 0.5) is 0 Å². The molecule has 0 fully saturated rings. The molecule has 0 spiro atoms. The van der Waals surface area contributed by atoms with Gasteiger partial charge in [-0.05, 0) is 40.4 Å². The first-order valence-corrected chi connectivity index (χ1v) is 6.37. The Morgan fingerprint density at radius 3 is 2.79 bits per heavy atom. The number of pyridine rings is 1. The number of benzene rings is 2. The molecule has 0 unspecified atom stereocenters. The summed E-state index contributed by atoms with van der Waals surface area (Å²) in [7, 11) is 0. The molecule has 0 amide bonds. The van der Waals surface area contributed by atoms with Crippen LogP contribution in [0.15, 0.2) is 47.2 Å². The number of aromatic nitrogens is 1. The number of halogens is 1. The van der Waals surface area contributed by atoms with Gasteiger partial charge in [0.1, 0.15) is 0 Å². The van der Waals surface area contributed by atoms with E-state index >= 15 is 0 Å². The minimum Gasteiger partial charge on any atom is -0.370 e. The molecule has 2 N–H and O–H groups in total. The van der Waals surface area contributed by atoms with Crippen LogP contribution in [0, 0.1) is 0 Å². The first kappa shape index (κ1) is 12.1. The van der Waals surface area contributed by atoms with Gasteiger partial charge in [0.25, 0.3) is 0 Å². The molecule has 5 heteroatoms. The fourth-order valence-corrected chi connectivity index (χ4v) is 2.72. The molecule has 19 heavy (non-hydrogen) atoms. The van der Waals surface area contributed by atoms with Crippen LogP contribution in [0.1, 0.15) is 10.4 Å². The number of nitrogens with two attached hydrogens (primary N) is 1. The van der Waals surface area contributed by atoms with Gasteiger partial charge >= 0.3 is 5.97 Å². The Balaban J connectivity index is 2.38. The molecule has 0 saturated carbocycles. The summed E-state index contributed by atoms with van der Waals surface area (Å²) in [4.78, 5) is 19.8. The van der Waals surface area contributed by atoms with E-state index in [0.29, 0.717) is 5.56 Å². The molecular weight excluding hydrogens is 308 g/mol. The standard InChI is InChI=1S/C14H9BrN2O2/c15-13-6-8-3-4-17-7-12(8)10-2-1-9(5-11(10)13)14(18)19-16/h1-7H,16H2. The monoisotopic (exact) mass is 316 g/mol. The highest BCUT2D eigenvalue weighted by Crippen LogP contribution is 2.32. The number of hydrogen-bond acceptors (Lipinski definition) is 4. The van der Waals surface area contributed by atoms with Gasteiger partial charge in [0.15, 0.2) is 0 Å². The third kappa shape index (κ3) is 1.97. The van der Waals surface area contributed by atoms with Crippen molar-refractivity contribution in [3.05, 3.63) is 52.8 Å². The number of fused-ring (bicyclic) bond motifs is 3. The molecule has 0 bridgehead atoms. The van der Waals surface area contributed by atoms with Crippen molar-refractivity contribution >= 4 is 43.4 Å². The minimum absolute atomic E-state index is 0.416. The predicted octanol–water partition coefficient (Wildman–Crippen LogP) is 3.18. The van der Waals surface area contributed by atoms with Gasteiger partial charge in [-0.2, -0.15) is 5.90 Å². The van der Waals surface area contributed by atoms with Crippen LogP contribution in [0.3, 0.4) is 0 Å². The molecule has 4 nitrogen and oxygen atoms in total. The van der Waals surface area contributed by atoms with Crippen LogP contribution in [0.2, 0.25) is 0 Å². The average molecular weight is 317 g/mol. The Kier molecular flexibility index (Phi) is 2.93. The molecule has 0 aliphatic heterocycles. The van der Waals surface area contributed by atoms with Gasteiger partial charge in [0.2, 0.25) is 0 Å². The maximum absolute atomic E-state index is 11.5. The molecule has 1 aromatic heterocycles. The number of carbonyl (C=O) groups excluding carboxylic acids is 1. The molecule has 0 atom stereocenters. The lowest BCUT2D eigenvalue weighted by atomic mass is 10.0. The van der Waals surface area contributed by atoms with E-state index in [1.807, 2.05) is 24.4 Å². The van der Waals surface area contributed by atoms with E-state index in [0.717, 1.165) is 26.0 Å². The second-order valence-electron chi connectivity index (χ2n) is 4.12. The summed E-state index contributed by atoms with van der Waals surface area (Å²) in [6.45, 7) is 0. The van der Waals surface area contributed by atoms with Crippen LogP contribution in [0.25, 0.3) is 21.5 Å². The van der Waals surface area contributed by atoms with E-state index in [2.05, 4.69) is 25.8 Å². The first-order chi connectivity index (χ1) is 9.20. The molecule has 3 rings (SSSR count). The highest BCUT2D eigenvalue weighted by atomic mass is 79.9. The van der Waals surface area contributed by atoms with Crippen molar-refractivity contribution in [1.29, 1.82) is 0 Å². The zero-order valence-corrected chi connectivity index (χ0v) is 11.3. The second-order valence-corrected chi connectivity index (χ2v) is 4.98. The SMILES string of the molecule is NOC(=O)c1ccc2c(c1)c(Br)cc1ccncc12. The van der Waals surface area contributed by atoms with Crippen molar-refractivity contribution in [2.24, 2.45) is 5.90 Å². The van der Waals surface area contributed by atoms with Crippen LogP contribution in [-0.2, 0) is 4.84 Å². The lowest BCUT2D eigenvalue weighted by molar-refractivity contribution is 0.0503. The lowest BCUT2D eigenvalue weighted by Gasteiger charge is -2.07. The van der Waals surface area contributed by atoms with Crippen LogP contribution in [0.5, 0.6) is 0 Å². The van der Waals surface area contributed by atoms with Gasteiger partial charge in [0.05, 0.1) is 5.56 Å². The maximum atomic E-state index is 11.5. The lowest BCUT2D eigenvalue weighted by Crippen LogP contribution is -2.09. The van der Waals surface area contributed by atoms with E-state index in [1.165, 1.54) is 0 Å². The van der Waals surface area contributed by atoms with Gasteiger partial charge in [-0.1, -0.05) is 22.0 Å². The number of nitrogens with zero attached hydrogens (tertiary/aromatic N) is 1. The summed E-state index contributed by atoms with van der Waals surface area (Å²) in [6.07, 6.45) is 3.56. The Hall–Kier alpha value is -1.98. The molecule has 94 valence electrons. The van der Waals surface area contributed by atoms with Crippen LogP contribution in [-0.4, -0.2) is 11.0 Å². The minimum atomic E-state index is -0.555. The van der Waals surface area contributed by atoms with E-state index in [9.17, 15) is 4.79 Å². The first-order valence-electron chi connectivity index (χ1n) is 5.58. The Morgan fingerprint density at radius 1 is 1.16 bits per heavy atom. The fraction of sp³-hybridized carbons (Fsp3) is 0. The highest BCUT2D eigenvalue weighted by Gasteiger charge is 2.10. The summed E-state index contributed by atoms with van der Waals surface area (Å²) in [5.74, 6) is 4.35. The Bertz CT molecular complexity index is 802. The smallest absolute Gasteiger partial charge is 0.356 e. The third-order valence-corrected chi connectivity index (χ3v) is 3.70. The van der Waals surface area contributed by atoms with Crippen molar-refractivity contribution in [3.8, 4) is 0 Å². The average Bonchev–Trinajstić information content (AvgIpc) is 2.46. The largest absolute Gasteiger partial charge is 0.370 e. The van der Waals surface area contributed by atoms with Gasteiger partial charge in [-0.15, -0.1) is 0 Å². The van der Waals surface area contributed by atoms with E-state index in [4.69, 9.17) is 5.90 Å². The fourth-order valence-electron chi connectivity index (χ4n) is 2.14. The molecule has 0 aliphatic rings. The zero-order valence-electron chi connectivity index (χ0n) is 9.76. The molecule has 0 saturated heterocycles. The van der Waals surface area contributed by atoms with E-state index < -0.39 is 5.97 Å². The molecular formula is C14H9BrN2O2. The summed E-state index contributed by atoms with van der Waals surface area (Å²) >= 11 is 3.52. The maximum Gasteiger partial charge on any atom is 0.356 e. The quantitative estimate of drug-likeness (QED) is 0.553. The van der Waals surface area contributed by atoms with Crippen LogP contribution >= 0.6 is 15.9 Å². The Labute approximate surface area is 117 Å². The normalized spacial score (nSPS) is 10.8. The van der Waals surface area contributed by atoms with E-state index in [-0.39, 0.29) is 0 Å².